The zero-order chi connectivity index (χ0) is 33.9. The van der Waals surface area contributed by atoms with E-state index in [0.717, 1.165) is 24.3 Å². The van der Waals surface area contributed by atoms with Gasteiger partial charge in [-0.1, -0.05) is 34.8 Å². The van der Waals surface area contributed by atoms with Crippen LogP contribution >= 0.6 is 34.8 Å². The molecule has 0 bridgehead atoms. The van der Waals surface area contributed by atoms with E-state index in [0.29, 0.717) is 0 Å². The molecule has 246 valence electrons. The summed E-state index contributed by atoms with van der Waals surface area (Å²) in [5.41, 5.74) is 0.0212. The van der Waals surface area contributed by atoms with Gasteiger partial charge in [-0.3, -0.25) is 0 Å². The normalized spacial score (nSPS) is 15.2. The highest BCUT2D eigenvalue weighted by atomic mass is 35.6. The van der Waals surface area contributed by atoms with Crippen molar-refractivity contribution < 1.29 is 83.8 Å². The van der Waals surface area contributed by atoms with Crippen molar-refractivity contribution in [2.45, 2.75) is 57.8 Å². The summed E-state index contributed by atoms with van der Waals surface area (Å²) in [6, 6.07) is 3.75. The number of hydrogen-bond donors (Lipinski definition) is 0. The van der Waals surface area contributed by atoms with Gasteiger partial charge < -0.3 is 9.15 Å². The molecule has 0 aliphatic heterocycles. The molecule has 1 aromatic heterocycles. The Morgan fingerprint density at radius 1 is 0.581 bits per heavy atom. The maximum Gasteiger partial charge on any atom is 0.460 e. The second kappa shape index (κ2) is 11.0. The monoisotopic (exact) mass is 724 g/mol. The third kappa shape index (κ3) is 6.08. The third-order valence-electron chi connectivity index (χ3n) is 5.24. The summed E-state index contributed by atoms with van der Waals surface area (Å²) in [4.78, 5) is 0. The van der Waals surface area contributed by atoms with Crippen molar-refractivity contribution in [2.24, 2.45) is 0 Å². The molecule has 0 atom stereocenters. The van der Waals surface area contributed by atoms with E-state index >= 15 is 0 Å². The molecule has 24 heteroatoms. The number of halogens is 20. The number of nitrogens with zero attached hydrogens (tertiary/aromatic N) is 2. The minimum Gasteiger partial charge on any atom is -0.493 e. The second-order valence-electron chi connectivity index (χ2n) is 8.18. The maximum atomic E-state index is 14.0. The van der Waals surface area contributed by atoms with E-state index < -0.39 is 76.1 Å². The van der Waals surface area contributed by atoms with Crippen LogP contribution in [0.3, 0.4) is 0 Å². The lowest BCUT2D eigenvalue weighted by Crippen LogP contribution is -2.74. The molecule has 43 heavy (non-hydrogen) atoms. The summed E-state index contributed by atoms with van der Waals surface area (Å²) < 4.78 is 234. The minimum absolute atomic E-state index is 0.0212. The van der Waals surface area contributed by atoms with E-state index in [9.17, 15) is 74.6 Å². The van der Waals surface area contributed by atoms with Gasteiger partial charge in [0.15, 0.2) is 0 Å². The Morgan fingerprint density at radius 2 is 1.00 bits per heavy atom. The topological polar surface area (TPSA) is 48.2 Å². The van der Waals surface area contributed by atoms with Crippen molar-refractivity contribution >= 4 is 34.8 Å². The molecular weight excluding hydrogens is 718 g/mol. The molecule has 1 heterocycles. The molecular formula is C19H8Cl3F17N2O2. The van der Waals surface area contributed by atoms with Gasteiger partial charge in [-0.05, 0) is 24.3 Å². The molecule has 0 spiro atoms. The Labute approximate surface area is 241 Å². The van der Waals surface area contributed by atoms with Gasteiger partial charge in [0.05, 0.1) is 13.0 Å². The highest BCUT2D eigenvalue weighted by molar-refractivity contribution is 6.66. The van der Waals surface area contributed by atoms with Gasteiger partial charge in [-0.15, -0.1) is 10.2 Å². The lowest BCUT2D eigenvalue weighted by atomic mass is 9.88. The Balaban J connectivity index is 2.25. The Hall–Kier alpha value is -2.16. The van der Waals surface area contributed by atoms with Crippen LogP contribution in [-0.2, 0) is 3.79 Å². The summed E-state index contributed by atoms with van der Waals surface area (Å²) >= 11 is 16.5. The van der Waals surface area contributed by atoms with E-state index in [1.165, 1.54) is 0 Å². The molecule has 0 saturated carbocycles. The van der Waals surface area contributed by atoms with Crippen LogP contribution in [0.4, 0.5) is 74.6 Å². The Kier molecular flexibility index (Phi) is 9.49. The van der Waals surface area contributed by atoms with Crippen LogP contribution in [0.2, 0.25) is 0 Å². The maximum absolute atomic E-state index is 14.0. The summed E-state index contributed by atoms with van der Waals surface area (Å²) in [5, 5.41) is 6.87. The van der Waals surface area contributed by atoms with E-state index in [4.69, 9.17) is 39.2 Å². The van der Waals surface area contributed by atoms with E-state index in [-0.39, 0.29) is 11.5 Å². The van der Waals surface area contributed by atoms with Crippen LogP contribution in [-0.4, -0.2) is 64.4 Å². The predicted molar refractivity (Wildman–Crippen MR) is 110 cm³/mol. The van der Waals surface area contributed by atoms with Crippen LogP contribution in [0.1, 0.15) is 12.3 Å². The van der Waals surface area contributed by atoms with Crippen molar-refractivity contribution in [3.05, 3.63) is 30.2 Å². The van der Waals surface area contributed by atoms with Crippen molar-refractivity contribution in [1.82, 2.24) is 10.2 Å². The third-order valence-corrected chi connectivity index (χ3v) is 5.73. The highest BCUT2D eigenvalue weighted by Gasteiger charge is 2.95. The number of aromatic nitrogens is 2. The van der Waals surface area contributed by atoms with Gasteiger partial charge in [0.25, 0.3) is 9.68 Å². The van der Waals surface area contributed by atoms with Gasteiger partial charge in [-0.2, -0.15) is 74.6 Å². The first-order chi connectivity index (χ1) is 18.9. The standard InChI is InChI=1S/C19H8Cl3F17N2O2/c20-12(21,22)10-41-40-9(43-10)7-1-3-8(4-2-7)42-6-5-11(23,24)13(25,26)14(27,28)15(29,30)16(31,32)17(33,34)18(35,36)19(37,38)39/h1-4H,5-6H2. The van der Waals surface area contributed by atoms with Gasteiger partial charge in [0.1, 0.15) is 5.75 Å². The van der Waals surface area contributed by atoms with E-state index in [2.05, 4.69) is 14.9 Å². The molecule has 0 N–H and O–H groups in total. The summed E-state index contributed by atoms with van der Waals surface area (Å²) in [7, 11) is 0. The fraction of sp³-hybridized carbons (Fsp3) is 0.579. The van der Waals surface area contributed by atoms with Gasteiger partial charge in [0, 0.05) is 5.56 Å². The molecule has 1 aromatic carbocycles. The molecule has 2 aromatic rings. The molecule has 0 aliphatic carbocycles. The van der Waals surface area contributed by atoms with Crippen LogP contribution in [0, 0.1) is 0 Å². The molecule has 2 rings (SSSR count). The van der Waals surface area contributed by atoms with Crippen molar-refractivity contribution in [3.63, 3.8) is 0 Å². The average Bonchev–Trinajstić information content (AvgIpc) is 3.34. The van der Waals surface area contributed by atoms with Gasteiger partial charge in [-0.25, -0.2) is 0 Å². The quantitative estimate of drug-likeness (QED) is 0.171. The minimum atomic E-state index is -8.68. The molecule has 0 unspecified atom stereocenters. The predicted octanol–water partition coefficient (Wildman–Crippen LogP) is 9.34. The lowest BCUT2D eigenvalue weighted by molar-refractivity contribution is -0.461. The lowest BCUT2D eigenvalue weighted by Gasteiger charge is -2.42. The van der Waals surface area contributed by atoms with Crippen LogP contribution in [0.15, 0.2) is 28.7 Å². The molecule has 4 nitrogen and oxygen atoms in total. The average molecular weight is 726 g/mol. The summed E-state index contributed by atoms with van der Waals surface area (Å²) in [6.45, 7) is -1.81. The smallest absolute Gasteiger partial charge is 0.460 e. The first-order valence-electron chi connectivity index (χ1n) is 10.3. The first kappa shape index (κ1) is 37.0. The Morgan fingerprint density at radius 3 is 1.40 bits per heavy atom. The van der Waals surface area contributed by atoms with Crippen molar-refractivity contribution in [2.75, 3.05) is 6.61 Å². The largest absolute Gasteiger partial charge is 0.493 e. The number of alkyl halides is 20. The fourth-order valence-corrected chi connectivity index (χ4v) is 3.03. The van der Waals surface area contributed by atoms with Crippen LogP contribution < -0.4 is 4.74 Å². The fourth-order valence-electron chi connectivity index (χ4n) is 2.80. The molecule has 0 saturated heterocycles. The zero-order valence-electron chi connectivity index (χ0n) is 19.5. The number of hydrogen-bond acceptors (Lipinski definition) is 4. The van der Waals surface area contributed by atoms with Gasteiger partial charge >= 0.3 is 47.6 Å². The second-order valence-corrected chi connectivity index (χ2v) is 10.5. The number of ether oxygens (including phenoxy) is 1. The van der Waals surface area contributed by atoms with Crippen molar-refractivity contribution in [3.8, 4) is 17.2 Å². The summed E-state index contributed by atoms with van der Waals surface area (Å²) in [6.07, 6.45) is -10.6. The summed E-state index contributed by atoms with van der Waals surface area (Å²) in [5.74, 6) is -58.1. The SMILES string of the molecule is FC(F)(F)C(F)(F)C(F)(F)C(F)(F)C(F)(F)C(F)(F)C(F)(F)C(F)(F)CCOc1ccc(-c2nnc(C(Cl)(Cl)Cl)o2)cc1. The van der Waals surface area contributed by atoms with Crippen LogP contribution in [0.5, 0.6) is 5.75 Å². The molecule has 0 aliphatic rings. The van der Waals surface area contributed by atoms with Crippen LogP contribution in [0.25, 0.3) is 11.5 Å². The first-order valence-corrected chi connectivity index (χ1v) is 11.4. The Bertz CT molecular complexity index is 1270. The van der Waals surface area contributed by atoms with Gasteiger partial charge in [0.2, 0.25) is 5.89 Å². The number of benzene rings is 1. The molecule has 0 fully saturated rings. The zero-order valence-corrected chi connectivity index (χ0v) is 21.8. The molecule has 0 radical (unpaired) electrons. The highest BCUT2D eigenvalue weighted by Crippen LogP contribution is 2.64. The van der Waals surface area contributed by atoms with Crippen molar-refractivity contribution in [1.29, 1.82) is 0 Å². The van der Waals surface area contributed by atoms with E-state index in [1.54, 1.807) is 0 Å². The number of rotatable bonds is 11. The van der Waals surface area contributed by atoms with E-state index in [1.807, 2.05) is 0 Å². The molecule has 0 amide bonds.